The number of nitrogens with one attached hydrogen (secondary N) is 1. The molecule has 0 bridgehead atoms. The fourth-order valence-corrected chi connectivity index (χ4v) is 4.17. The molecule has 3 N–H and O–H groups in total. The molecular formula is C28H26N6O2. The fourth-order valence-electron chi connectivity index (χ4n) is 4.17. The largest absolute Gasteiger partial charge is 0.494 e. The van der Waals surface area contributed by atoms with Crippen molar-refractivity contribution < 1.29 is 9.53 Å². The smallest absolute Gasteiger partial charge is 0.261 e. The first-order chi connectivity index (χ1) is 17.4. The maximum Gasteiger partial charge on any atom is 0.261 e. The Balaban J connectivity index is 1.60. The molecule has 1 amide bonds. The summed E-state index contributed by atoms with van der Waals surface area (Å²) in [5.74, 6) is 0.565. The van der Waals surface area contributed by atoms with Crippen molar-refractivity contribution in [3.8, 4) is 5.75 Å². The molecule has 5 rings (SSSR count). The number of anilines is 2. The van der Waals surface area contributed by atoms with Gasteiger partial charge in [0.2, 0.25) is 0 Å². The highest BCUT2D eigenvalue weighted by Crippen LogP contribution is 2.29. The monoisotopic (exact) mass is 478 g/mol. The van der Waals surface area contributed by atoms with Crippen molar-refractivity contribution in [1.29, 1.82) is 0 Å². The Kier molecular flexibility index (Phi) is 6.08. The summed E-state index contributed by atoms with van der Waals surface area (Å²) in [6.07, 6.45) is 1.66. The number of carbonyl (C=O) groups is 1. The fraction of sp³-hybridized carbons (Fsp3) is 0.143. The van der Waals surface area contributed by atoms with Crippen molar-refractivity contribution in [2.75, 3.05) is 17.7 Å². The van der Waals surface area contributed by atoms with E-state index in [1.165, 1.54) is 4.68 Å². The molecule has 0 fully saturated rings. The van der Waals surface area contributed by atoms with Crippen molar-refractivity contribution in [1.82, 2.24) is 14.6 Å². The summed E-state index contributed by atoms with van der Waals surface area (Å²) in [6, 6.07) is 20.9. The van der Waals surface area contributed by atoms with E-state index in [4.69, 9.17) is 20.4 Å². The van der Waals surface area contributed by atoms with Gasteiger partial charge in [-0.25, -0.2) is 9.97 Å². The molecule has 5 aromatic rings. The third-order valence-electron chi connectivity index (χ3n) is 5.69. The van der Waals surface area contributed by atoms with Crippen molar-refractivity contribution in [3.05, 3.63) is 89.0 Å². The van der Waals surface area contributed by atoms with E-state index in [0.717, 1.165) is 22.4 Å². The number of aryl methyl sites for hydroxylation is 2. The number of amides is 1. The number of para-hydroxylation sites is 2. The maximum atomic E-state index is 13.5. The zero-order valence-corrected chi connectivity index (χ0v) is 20.3. The van der Waals surface area contributed by atoms with Crippen LogP contribution in [0.25, 0.3) is 22.2 Å². The SMILES string of the molecule is CCOc1ccc(/C=N\n2c(N)c(C(=O)Nc3cc(C)cc(C)c3)c3nc4ccccc4nc32)cc1. The first kappa shape index (κ1) is 23.0. The van der Waals surface area contributed by atoms with Gasteiger partial charge in [0, 0.05) is 5.69 Å². The topological polar surface area (TPSA) is 107 Å². The summed E-state index contributed by atoms with van der Waals surface area (Å²) in [5.41, 5.74) is 12.5. The zero-order chi connectivity index (χ0) is 25.2. The van der Waals surface area contributed by atoms with Crippen molar-refractivity contribution in [2.45, 2.75) is 20.8 Å². The van der Waals surface area contributed by atoms with Gasteiger partial charge in [-0.05, 0) is 86.0 Å². The highest BCUT2D eigenvalue weighted by Gasteiger charge is 2.24. The molecule has 0 saturated carbocycles. The van der Waals surface area contributed by atoms with E-state index < -0.39 is 0 Å². The van der Waals surface area contributed by atoms with Crippen LogP contribution in [0.5, 0.6) is 5.75 Å². The average molecular weight is 479 g/mol. The normalized spacial score (nSPS) is 11.4. The Morgan fingerprint density at radius 3 is 2.36 bits per heavy atom. The minimum absolute atomic E-state index is 0.157. The lowest BCUT2D eigenvalue weighted by Gasteiger charge is -2.08. The Hall–Kier alpha value is -4.72. The van der Waals surface area contributed by atoms with E-state index in [2.05, 4.69) is 10.4 Å². The quantitative estimate of drug-likeness (QED) is 0.321. The number of nitrogens with two attached hydrogens (primary N) is 1. The van der Waals surface area contributed by atoms with Crippen molar-refractivity contribution >= 4 is 45.8 Å². The van der Waals surface area contributed by atoms with E-state index in [1.54, 1.807) is 6.21 Å². The lowest BCUT2D eigenvalue weighted by atomic mass is 10.1. The van der Waals surface area contributed by atoms with Crippen LogP contribution < -0.4 is 15.8 Å². The molecule has 0 radical (unpaired) electrons. The molecule has 0 unspecified atom stereocenters. The van der Waals surface area contributed by atoms with Crippen LogP contribution in [0.3, 0.4) is 0 Å². The first-order valence-electron chi connectivity index (χ1n) is 11.7. The van der Waals surface area contributed by atoms with Crippen molar-refractivity contribution in [2.24, 2.45) is 5.10 Å². The number of nitrogen functional groups attached to an aromatic ring is 1. The molecule has 0 aliphatic rings. The number of ether oxygens (including phenoxy) is 1. The summed E-state index contributed by atoms with van der Waals surface area (Å²) in [6.45, 7) is 6.50. The molecule has 180 valence electrons. The Morgan fingerprint density at radius 1 is 1.03 bits per heavy atom. The number of benzene rings is 3. The molecule has 0 saturated heterocycles. The van der Waals surface area contributed by atoms with Gasteiger partial charge in [0.15, 0.2) is 5.65 Å². The Morgan fingerprint density at radius 2 is 1.69 bits per heavy atom. The number of rotatable bonds is 6. The molecule has 8 heteroatoms. The summed E-state index contributed by atoms with van der Waals surface area (Å²) in [7, 11) is 0. The highest BCUT2D eigenvalue weighted by molar-refractivity contribution is 6.16. The summed E-state index contributed by atoms with van der Waals surface area (Å²) >= 11 is 0. The van der Waals surface area contributed by atoms with Crippen LogP contribution >= 0.6 is 0 Å². The summed E-state index contributed by atoms with van der Waals surface area (Å²) in [5, 5.41) is 7.53. The van der Waals surface area contributed by atoms with Gasteiger partial charge in [-0.1, -0.05) is 18.2 Å². The standard InChI is InChI=1S/C28H26N6O2/c1-4-36-21-11-9-19(10-12-21)16-30-34-26(29)24(28(35)31-20-14-17(2)13-18(3)15-20)25-27(34)33-23-8-6-5-7-22(23)32-25/h5-16H,4,29H2,1-3H3,(H,31,35)/b30-16-. The predicted octanol–water partition coefficient (Wildman–Crippen LogP) is 5.32. The Bertz CT molecular complexity index is 1600. The van der Waals surface area contributed by atoms with E-state index in [1.807, 2.05) is 87.5 Å². The van der Waals surface area contributed by atoms with Crippen LogP contribution in [0.1, 0.15) is 34.0 Å². The molecule has 8 nitrogen and oxygen atoms in total. The van der Waals surface area contributed by atoms with E-state index in [0.29, 0.717) is 34.5 Å². The van der Waals surface area contributed by atoms with E-state index in [-0.39, 0.29) is 17.3 Å². The maximum absolute atomic E-state index is 13.5. The van der Waals surface area contributed by atoms with Gasteiger partial charge in [-0.3, -0.25) is 4.79 Å². The van der Waals surface area contributed by atoms with Gasteiger partial charge in [0.1, 0.15) is 22.6 Å². The third kappa shape index (κ3) is 4.48. The average Bonchev–Trinajstić information content (AvgIpc) is 3.11. The number of carbonyl (C=O) groups excluding carboxylic acids is 1. The van der Waals surface area contributed by atoms with Gasteiger partial charge in [0.05, 0.1) is 23.9 Å². The molecule has 0 aliphatic heterocycles. The number of hydrogen-bond donors (Lipinski definition) is 2. The van der Waals surface area contributed by atoms with Crippen LogP contribution in [-0.4, -0.2) is 33.4 Å². The second-order valence-electron chi connectivity index (χ2n) is 8.53. The molecular weight excluding hydrogens is 452 g/mol. The van der Waals surface area contributed by atoms with E-state index >= 15 is 0 Å². The van der Waals surface area contributed by atoms with E-state index in [9.17, 15) is 4.79 Å². The number of fused-ring (bicyclic) bond motifs is 2. The minimum atomic E-state index is -0.373. The molecule has 36 heavy (non-hydrogen) atoms. The molecule has 2 aromatic heterocycles. The number of nitrogens with zero attached hydrogens (tertiary/aromatic N) is 4. The zero-order valence-electron chi connectivity index (χ0n) is 20.3. The van der Waals surface area contributed by atoms with Gasteiger partial charge in [-0.15, -0.1) is 0 Å². The lowest BCUT2D eigenvalue weighted by Crippen LogP contribution is -2.14. The highest BCUT2D eigenvalue weighted by atomic mass is 16.5. The molecule has 3 aromatic carbocycles. The second-order valence-corrected chi connectivity index (χ2v) is 8.53. The van der Waals surface area contributed by atoms with Crippen LogP contribution in [0.15, 0.2) is 71.8 Å². The second kappa shape index (κ2) is 9.50. The third-order valence-corrected chi connectivity index (χ3v) is 5.69. The molecule has 2 heterocycles. The van der Waals surface area contributed by atoms with Crippen molar-refractivity contribution in [3.63, 3.8) is 0 Å². The van der Waals surface area contributed by atoms with Crippen LogP contribution in [0, 0.1) is 13.8 Å². The molecule has 0 spiro atoms. The first-order valence-corrected chi connectivity index (χ1v) is 11.7. The number of aromatic nitrogens is 3. The molecule has 0 atom stereocenters. The van der Waals surface area contributed by atoms with Gasteiger partial charge >= 0.3 is 0 Å². The summed E-state index contributed by atoms with van der Waals surface area (Å²) in [4.78, 5) is 22.9. The van der Waals surface area contributed by atoms with Gasteiger partial charge in [0.25, 0.3) is 5.91 Å². The lowest BCUT2D eigenvalue weighted by molar-refractivity contribution is 0.102. The minimum Gasteiger partial charge on any atom is -0.494 e. The molecule has 0 aliphatic carbocycles. The van der Waals surface area contributed by atoms with Crippen LogP contribution in [0.4, 0.5) is 11.5 Å². The van der Waals surface area contributed by atoms with Crippen LogP contribution in [-0.2, 0) is 0 Å². The summed E-state index contributed by atoms with van der Waals surface area (Å²) < 4.78 is 6.96. The number of hydrogen-bond acceptors (Lipinski definition) is 6. The van der Waals surface area contributed by atoms with Crippen LogP contribution in [0.2, 0.25) is 0 Å². The van der Waals surface area contributed by atoms with Gasteiger partial charge < -0.3 is 15.8 Å². The Labute approximate surface area is 208 Å². The predicted molar refractivity (Wildman–Crippen MR) is 144 cm³/mol. The van der Waals surface area contributed by atoms with Gasteiger partial charge in [-0.2, -0.15) is 9.78 Å².